The quantitative estimate of drug-likeness (QED) is 0.712. The fourth-order valence-corrected chi connectivity index (χ4v) is 1.76. The Morgan fingerprint density at radius 3 is 2.50 bits per heavy atom. The maximum Gasteiger partial charge on any atom is 0.125 e. The van der Waals surface area contributed by atoms with E-state index < -0.39 is 0 Å². The molecule has 0 bridgehead atoms. The Bertz CT molecular complexity index is 263. The van der Waals surface area contributed by atoms with Crippen LogP contribution in [-0.4, -0.2) is 6.16 Å². The molecule has 0 N–H and O–H groups in total. The summed E-state index contributed by atoms with van der Waals surface area (Å²) in [5, 5.41) is 0. The van der Waals surface area contributed by atoms with Gasteiger partial charge in [0.2, 0.25) is 0 Å². The molecule has 80 valence electrons. The molecule has 0 aromatic heterocycles. The molecule has 1 unspecified atom stereocenters. The highest BCUT2D eigenvalue weighted by Gasteiger charge is 1.98. The van der Waals surface area contributed by atoms with Gasteiger partial charge in [-0.05, 0) is 24.5 Å². The van der Waals surface area contributed by atoms with Crippen LogP contribution in [0.1, 0.15) is 19.4 Å². The van der Waals surface area contributed by atoms with Crippen molar-refractivity contribution in [2.45, 2.75) is 20.8 Å². The molecule has 0 heterocycles. The maximum absolute atomic E-state index is 5.68. The van der Waals surface area contributed by atoms with Gasteiger partial charge in [-0.1, -0.05) is 32.0 Å². The first kappa shape index (κ1) is 13.7. The van der Waals surface area contributed by atoms with Gasteiger partial charge >= 0.3 is 0 Å². The zero-order valence-corrected chi connectivity index (χ0v) is 10.7. The second-order valence-corrected chi connectivity index (χ2v) is 4.51. The maximum atomic E-state index is 5.68. The van der Waals surface area contributed by atoms with Crippen molar-refractivity contribution in [3.8, 4) is 5.75 Å². The van der Waals surface area contributed by atoms with Crippen LogP contribution in [0.4, 0.5) is 0 Å². The molecule has 1 aromatic carbocycles. The lowest BCUT2D eigenvalue weighted by Gasteiger charge is -2.09. The third kappa shape index (κ3) is 4.83. The lowest BCUT2D eigenvalue weighted by atomic mass is 10.2. The van der Waals surface area contributed by atoms with E-state index in [-0.39, 0.29) is 12.4 Å². The topological polar surface area (TPSA) is 9.23 Å². The summed E-state index contributed by atoms with van der Waals surface area (Å²) in [6.07, 6.45) is 1.15. The van der Waals surface area contributed by atoms with Crippen molar-refractivity contribution in [2.75, 3.05) is 6.16 Å². The fourth-order valence-electron chi connectivity index (χ4n) is 0.957. The van der Waals surface area contributed by atoms with Gasteiger partial charge in [0.25, 0.3) is 0 Å². The van der Waals surface area contributed by atoms with E-state index in [2.05, 4.69) is 26.8 Å². The smallest absolute Gasteiger partial charge is 0.125 e. The number of benzene rings is 1. The molecule has 0 radical (unpaired) electrons. The lowest BCUT2D eigenvalue weighted by molar-refractivity contribution is 0.610. The highest BCUT2D eigenvalue weighted by atomic mass is 35.5. The minimum atomic E-state index is 0. The zero-order chi connectivity index (χ0) is 9.68. The average molecular weight is 233 g/mol. The minimum Gasteiger partial charge on any atom is -0.477 e. The van der Waals surface area contributed by atoms with Crippen LogP contribution < -0.4 is 4.52 Å². The summed E-state index contributed by atoms with van der Waals surface area (Å²) in [5.41, 5.74) is 1.22. The molecule has 0 saturated heterocycles. The predicted molar refractivity (Wildman–Crippen MR) is 67.1 cm³/mol. The number of hydrogen-bond acceptors (Lipinski definition) is 1. The number of halogens is 1. The first-order valence-corrected chi connectivity index (χ1v) is 5.77. The van der Waals surface area contributed by atoms with E-state index in [4.69, 9.17) is 4.52 Å². The van der Waals surface area contributed by atoms with Crippen LogP contribution in [0, 0.1) is 12.8 Å². The monoisotopic (exact) mass is 232 g/mol. The Morgan fingerprint density at radius 1 is 1.29 bits per heavy atom. The Labute approximate surface area is 94.5 Å². The van der Waals surface area contributed by atoms with Crippen molar-refractivity contribution in [1.29, 1.82) is 0 Å². The number of rotatable bonds is 4. The van der Waals surface area contributed by atoms with E-state index in [0.717, 1.165) is 17.8 Å². The van der Waals surface area contributed by atoms with Gasteiger partial charge in [-0.3, -0.25) is 0 Å². The third-order valence-electron chi connectivity index (χ3n) is 1.77. The Balaban J connectivity index is 0.00000169. The number of hydrogen-bond donors (Lipinski definition) is 0. The van der Waals surface area contributed by atoms with Crippen LogP contribution in [0.15, 0.2) is 24.3 Å². The molecule has 1 nitrogen and oxygen atoms in total. The summed E-state index contributed by atoms with van der Waals surface area (Å²) in [4.78, 5) is 0. The summed E-state index contributed by atoms with van der Waals surface area (Å²) in [6, 6.07) is 8.16. The zero-order valence-electron chi connectivity index (χ0n) is 8.91. The van der Waals surface area contributed by atoms with Gasteiger partial charge in [0.05, 0.1) is 8.81 Å². The first-order valence-electron chi connectivity index (χ1n) is 4.65. The lowest BCUT2D eigenvalue weighted by Crippen LogP contribution is -1.91. The molecule has 1 aromatic rings. The molecule has 0 spiro atoms. The summed E-state index contributed by atoms with van der Waals surface area (Å²) in [7, 11) is 0.586. The fraction of sp³-hybridized carbons (Fsp3) is 0.455. The van der Waals surface area contributed by atoms with Gasteiger partial charge in [0, 0.05) is 6.16 Å². The highest BCUT2D eigenvalue weighted by molar-refractivity contribution is 7.32. The predicted octanol–water partition coefficient (Wildman–Crippen LogP) is 4.05. The molecule has 0 aliphatic heterocycles. The Kier molecular flexibility index (Phi) is 6.96. The van der Waals surface area contributed by atoms with Crippen LogP contribution in [0.3, 0.4) is 0 Å². The van der Waals surface area contributed by atoms with Gasteiger partial charge in [0.1, 0.15) is 5.75 Å². The molecule has 1 atom stereocenters. The summed E-state index contributed by atoms with van der Waals surface area (Å²) in [5.74, 6) is 1.75. The summed E-state index contributed by atoms with van der Waals surface area (Å²) >= 11 is 0. The van der Waals surface area contributed by atoms with E-state index in [0.29, 0.717) is 8.81 Å². The van der Waals surface area contributed by atoms with Crippen molar-refractivity contribution < 1.29 is 4.52 Å². The standard InChI is InChI=1S/C11H17OP.ClH/c1-9(2)8-13-12-11-7-5-4-6-10(11)3;/h4-7,9,13H,8H2,1-3H3;1H. The highest BCUT2D eigenvalue weighted by Crippen LogP contribution is 2.25. The van der Waals surface area contributed by atoms with Gasteiger partial charge in [-0.15, -0.1) is 12.4 Å². The van der Waals surface area contributed by atoms with E-state index >= 15 is 0 Å². The van der Waals surface area contributed by atoms with Gasteiger partial charge in [-0.2, -0.15) is 0 Å². The molecule has 0 aliphatic carbocycles. The van der Waals surface area contributed by atoms with Crippen molar-refractivity contribution in [3.63, 3.8) is 0 Å². The Morgan fingerprint density at radius 2 is 1.93 bits per heavy atom. The second kappa shape index (κ2) is 7.09. The molecule has 0 aliphatic rings. The van der Waals surface area contributed by atoms with Gasteiger partial charge < -0.3 is 4.52 Å². The molecule has 0 saturated carbocycles. The molecular formula is C11H18ClOP. The van der Waals surface area contributed by atoms with Crippen LogP contribution in [0.2, 0.25) is 0 Å². The van der Waals surface area contributed by atoms with E-state index in [1.54, 1.807) is 0 Å². The normalized spacial score (nSPS) is 10.6. The minimum absolute atomic E-state index is 0. The number of para-hydroxylation sites is 1. The van der Waals surface area contributed by atoms with Crippen molar-refractivity contribution in [2.24, 2.45) is 5.92 Å². The summed E-state index contributed by atoms with van der Waals surface area (Å²) in [6.45, 7) is 6.51. The molecule has 0 amide bonds. The molecule has 3 heteroatoms. The number of aryl methyl sites for hydroxylation is 1. The van der Waals surface area contributed by atoms with Crippen molar-refractivity contribution in [3.05, 3.63) is 29.8 Å². The van der Waals surface area contributed by atoms with Crippen LogP contribution >= 0.6 is 21.2 Å². The molecular weight excluding hydrogens is 215 g/mol. The second-order valence-electron chi connectivity index (χ2n) is 3.61. The molecule has 14 heavy (non-hydrogen) atoms. The van der Waals surface area contributed by atoms with Gasteiger partial charge in [-0.25, -0.2) is 0 Å². The SMILES string of the molecule is Cc1ccccc1OPCC(C)C.Cl. The third-order valence-corrected chi connectivity index (χ3v) is 3.11. The van der Waals surface area contributed by atoms with Crippen molar-refractivity contribution >= 4 is 21.2 Å². The molecule has 1 rings (SSSR count). The largest absolute Gasteiger partial charge is 0.477 e. The first-order chi connectivity index (χ1) is 6.20. The van der Waals surface area contributed by atoms with Crippen molar-refractivity contribution in [1.82, 2.24) is 0 Å². The Hall–Kier alpha value is -0.260. The summed E-state index contributed by atoms with van der Waals surface area (Å²) < 4.78 is 5.68. The van der Waals surface area contributed by atoms with Crippen LogP contribution in [0.25, 0.3) is 0 Å². The van der Waals surface area contributed by atoms with E-state index in [1.165, 1.54) is 5.56 Å². The van der Waals surface area contributed by atoms with E-state index in [1.807, 2.05) is 18.2 Å². The molecule has 0 fully saturated rings. The van der Waals surface area contributed by atoms with Crippen LogP contribution in [-0.2, 0) is 0 Å². The van der Waals surface area contributed by atoms with E-state index in [9.17, 15) is 0 Å². The average Bonchev–Trinajstić information content (AvgIpc) is 2.08. The van der Waals surface area contributed by atoms with Gasteiger partial charge in [0.15, 0.2) is 0 Å². The van der Waals surface area contributed by atoms with Crippen LogP contribution in [0.5, 0.6) is 5.75 Å².